The molecule has 0 fully saturated rings. The van der Waals surface area contributed by atoms with Crippen LogP contribution in [0.2, 0.25) is 5.02 Å². The van der Waals surface area contributed by atoms with E-state index >= 15 is 0 Å². The Morgan fingerprint density at radius 1 is 1.10 bits per heavy atom. The van der Waals surface area contributed by atoms with Crippen LogP contribution in [0.1, 0.15) is 16.8 Å². The number of ether oxygens (including phenoxy) is 1. The van der Waals surface area contributed by atoms with Gasteiger partial charge in [-0.25, -0.2) is 4.98 Å². The number of rotatable bonds is 6. The Kier molecular flexibility index (Phi) is 5.97. The minimum absolute atomic E-state index is 0.109. The summed E-state index contributed by atoms with van der Waals surface area (Å²) in [6.45, 7) is 4.32. The van der Waals surface area contributed by atoms with Gasteiger partial charge in [0.25, 0.3) is 5.91 Å². The molecule has 4 rings (SSSR count). The molecule has 1 amide bonds. The molecule has 0 atom stereocenters. The fraction of sp³-hybridized carbons (Fsp3) is 0.174. The van der Waals surface area contributed by atoms with Gasteiger partial charge >= 0.3 is 0 Å². The molecule has 30 heavy (non-hydrogen) atoms. The molecule has 0 aliphatic carbocycles. The van der Waals surface area contributed by atoms with Gasteiger partial charge in [-0.15, -0.1) is 0 Å². The first kappa shape index (κ1) is 20.3. The van der Waals surface area contributed by atoms with Gasteiger partial charge in [-0.1, -0.05) is 35.1 Å². The van der Waals surface area contributed by atoms with Gasteiger partial charge in [-0.3, -0.25) is 14.7 Å². The third-order valence-electron chi connectivity index (χ3n) is 4.83. The first-order valence-electron chi connectivity index (χ1n) is 9.46. The van der Waals surface area contributed by atoms with E-state index in [-0.39, 0.29) is 12.5 Å². The molecule has 2 heterocycles. The number of pyridine rings is 1. The summed E-state index contributed by atoms with van der Waals surface area (Å²) < 4.78 is 6.73. The number of thiazole rings is 1. The van der Waals surface area contributed by atoms with E-state index in [4.69, 9.17) is 21.3 Å². The highest BCUT2D eigenvalue weighted by molar-refractivity contribution is 7.22. The molecule has 2 aromatic heterocycles. The summed E-state index contributed by atoms with van der Waals surface area (Å²) in [5.74, 6) is 0.394. The summed E-state index contributed by atoms with van der Waals surface area (Å²) in [6.07, 6.45) is 1.72. The number of benzene rings is 2. The van der Waals surface area contributed by atoms with Crippen molar-refractivity contribution in [2.45, 2.75) is 20.4 Å². The summed E-state index contributed by atoms with van der Waals surface area (Å²) in [5.41, 5.74) is 4.00. The second-order valence-corrected chi connectivity index (χ2v) is 8.34. The highest BCUT2D eigenvalue weighted by atomic mass is 35.5. The van der Waals surface area contributed by atoms with E-state index < -0.39 is 0 Å². The Labute approximate surface area is 183 Å². The minimum atomic E-state index is -0.191. The second kappa shape index (κ2) is 8.81. The number of nitrogens with zero attached hydrogens (tertiary/aromatic N) is 3. The largest absolute Gasteiger partial charge is 0.484 e. The Morgan fingerprint density at radius 3 is 2.63 bits per heavy atom. The highest BCUT2D eigenvalue weighted by Gasteiger charge is 2.22. The molecule has 2 aromatic carbocycles. The lowest BCUT2D eigenvalue weighted by molar-refractivity contribution is -0.120. The molecule has 0 bridgehead atoms. The number of hydrogen-bond donors (Lipinski definition) is 0. The maximum atomic E-state index is 13.1. The molecule has 0 aliphatic heterocycles. The van der Waals surface area contributed by atoms with Gasteiger partial charge in [0.15, 0.2) is 11.7 Å². The minimum Gasteiger partial charge on any atom is -0.484 e. The summed E-state index contributed by atoms with van der Waals surface area (Å²) in [7, 11) is 0. The molecule has 0 unspecified atom stereocenters. The number of anilines is 1. The van der Waals surface area contributed by atoms with Crippen LogP contribution >= 0.6 is 22.9 Å². The summed E-state index contributed by atoms with van der Waals surface area (Å²) in [6, 6.07) is 16.7. The normalized spacial score (nSPS) is 10.9. The summed E-state index contributed by atoms with van der Waals surface area (Å²) >= 11 is 7.41. The number of halogens is 1. The molecule has 0 saturated heterocycles. The quantitative estimate of drug-likeness (QED) is 0.395. The Balaban J connectivity index is 1.63. The van der Waals surface area contributed by atoms with Crippen LogP contribution in [0.4, 0.5) is 5.13 Å². The van der Waals surface area contributed by atoms with Crippen LogP contribution in [0.3, 0.4) is 0 Å². The third kappa shape index (κ3) is 4.45. The van der Waals surface area contributed by atoms with Gasteiger partial charge in [-0.05, 0) is 67.4 Å². The molecule has 5 nitrogen and oxygen atoms in total. The van der Waals surface area contributed by atoms with E-state index in [2.05, 4.69) is 24.9 Å². The fourth-order valence-corrected chi connectivity index (χ4v) is 4.17. The van der Waals surface area contributed by atoms with Crippen molar-refractivity contribution >= 4 is 44.2 Å². The van der Waals surface area contributed by atoms with Crippen molar-refractivity contribution < 1.29 is 9.53 Å². The lowest BCUT2D eigenvalue weighted by atomic mass is 10.1. The first-order chi connectivity index (χ1) is 14.5. The van der Waals surface area contributed by atoms with Gasteiger partial charge in [0.2, 0.25) is 0 Å². The van der Waals surface area contributed by atoms with E-state index in [9.17, 15) is 4.79 Å². The number of amides is 1. The van der Waals surface area contributed by atoms with Crippen LogP contribution in [0.15, 0.2) is 60.8 Å². The van der Waals surface area contributed by atoms with E-state index in [1.807, 2.05) is 24.3 Å². The first-order valence-corrected chi connectivity index (χ1v) is 10.7. The maximum Gasteiger partial charge on any atom is 0.267 e. The van der Waals surface area contributed by atoms with Gasteiger partial charge in [0.05, 0.1) is 22.5 Å². The monoisotopic (exact) mass is 437 g/mol. The van der Waals surface area contributed by atoms with Crippen molar-refractivity contribution in [3.05, 3.63) is 82.6 Å². The predicted molar refractivity (Wildman–Crippen MR) is 121 cm³/mol. The average Bonchev–Trinajstić information content (AvgIpc) is 3.19. The SMILES string of the molecule is Cc1ccc2sc(N(Cc3ccccn3)C(=O)COc3ccc(Cl)cc3)nc2c1C. The maximum absolute atomic E-state index is 13.1. The van der Waals surface area contributed by atoms with E-state index in [1.54, 1.807) is 35.4 Å². The second-order valence-electron chi connectivity index (χ2n) is 6.89. The van der Waals surface area contributed by atoms with Gasteiger partial charge < -0.3 is 4.74 Å². The van der Waals surface area contributed by atoms with Crippen LogP contribution in [0.5, 0.6) is 5.75 Å². The van der Waals surface area contributed by atoms with Crippen LogP contribution in [0.25, 0.3) is 10.2 Å². The standard InChI is InChI=1S/C23H20ClN3O2S/c1-15-6-11-20-22(16(15)2)26-23(30-20)27(13-18-5-3-4-12-25-18)21(28)14-29-19-9-7-17(24)8-10-19/h3-12H,13-14H2,1-2H3. The Morgan fingerprint density at radius 2 is 1.90 bits per heavy atom. The zero-order valence-electron chi connectivity index (χ0n) is 16.6. The van der Waals surface area contributed by atoms with E-state index in [0.29, 0.717) is 22.4 Å². The number of hydrogen-bond acceptors (Lipinski definition) is 5. The predicted octanol–water partition coefficient (Wildman–Crippen LogP) is 5.57. The van der Waals surface area contributed by atoms with Crippen LogP contribution in [0, 0.1) is 13.8 Å². The van der Waals surface area contributed by atoms with Gasteiger partial charge in [0, 0.05) is 11.2 Å². The van der Waals surface area contributed by atoms with Crippen molar-refractivity contribution in [2.75, 3.05) is 11.5 Å². The molecule has 0 spiro atoms. The Hall–Kier alpha value is -2.96. The molecular weight excluding hydrogens is 418 g/mol. The number of aryl methyl sites for hydroxylation is 2. The van der Waals surface area contributed by atoms with Crippen LogP contribution in [-0.4, -0.2) is 22.5 Å². The molecule has 0 radical (unpaired) electrons. The average molecular weight is 438 g/mol. The number of fused-ring (bicyclic) bond motifs is 1. The number of carbonyl (C=O) groups is 1. The molecule has 4 aromatic rings. The van der Waals surface area contributed by atoms with Crippen molar-refractivity contribution in [3.63, 3.8) is 0 Å². The van der Waals surface area contributed by atoms with E-state index in [0.717, 1.165) is 21.5 Å². The lowest BCUT2D eigenvalue weighted by Crippen LogP contribution is -2.34. The molecule has 7 heteroatoms. The van der Waals surface area contributed by atoms with Gasteiger partial charge in [0.1, 0.15) is 5.75 Å². The van der Waals surface area contributed by atoms with Crippen molar-refractivity contribution in [3.8, 4) is 5.75 Å². The van der Waals surface area contributed by atoms with Crippen molar-refractivity contribution in [1.29, 1.82) is 0 Å². The van der Waals surface area contributed by atoms with E-state index in [1.165, 1.54) is 16.9 Å². The smallest absolute Gasteiger partial charge is 0.267 e. The summed E-state index contributed by atoms with van der Waals surface area (Å²) in [5, 5.41) is 1.25. The molecule has 152 valence electrons. The molecular formula is C23H20ClN3O2S. The number of carbonyl (C=O) groups excluding carboxylic acids is 1. The van der Waals surface area contributed by atoms with Crippen molar-refractivity contribution in [1.82, 2.24) is 9.97 Å². The van der Waals surface area contributed by atoms with Gasteiger partial charge in [-0.2, -0.15) is 0 Å². The molecule has 0 aliphatic rings. The fourth-order valence-electron chi connectivity index (χ4n) is 3.00. The highest BCUT2D eigenvalue weighted by Crippen LogP contribution is 2.32. The van der Waals surface area contributed by atoms with Crippen LogP contribution < -0.4 is 9.64 Å². The lowest BCUT2D eigenvalue weighted by Gasteiger charge is -2.19. The zero-order valence-corrected chi connectivity index (χ0v) is 18.2. The third-order valence-corrected chi connectivity index (χ3v) is 6.12. The Bertz CT molecular complexity index is 1180. The number of aromatic nitrogens is 2. The molecule has 0 N–H and O–H groups in total. The van der Waals surface area contributed by atoms with Crippen LogP contribution in [-0.2, 0) is 11.3 Å². The topological polar surface area (TPSA) is 55.3 Å². The molecule has 0 saturated carbocycles. The zero-order chi connectivity index (χ0) is 21.1. The van der Waals surface area contributed by atoms with Crippen molar-refractivity contribution in [2.24, 2.45) is 0 Å². The summed E-state index contributed by atoms with van der Waals surface area (Å²) in [4.78, 5) is 23.9.